The number of hydrogen-bond donors (Lipinski definition) is 0. The molecule has 0 fully saturated rings. The molecule has 0 unspecified atom stereocenters. The first-order chi connectivity index (χ1) is 66.3. The van der Waals surface area contributed by atoms with Crippen LogP contribution in [0, 0.1) is 0 Å². The molecule has 134 heavy (non-hydrogen) atoms. The molecular weight excluding hydrogens is 1630 g/mol. The summed E-state index contributed by atoms with van der Waals surface area (Å²) in [6.45, 7) is 0. The lowest BCUT2D eigenvalue weighted by Crippen LogP contribution is -2.01. The third-order valence-electron chi connectivity index (χ3n) is 28.4. The summed E-state index contributed by atoms with van der Waals surface area (Å²) >= 11 is 0. The number of benzene rings is 18. The molecule has 12 heterocycles. The van der Waals surface area contributed by atoms with E-state index in [2.05, 4.69) is 505 Å². The van der Waals surface area contributed by atoms with Crippen LogP contribution in [0.1, 0.15) is 0 Å². The molecule has 632 valence electrons. The van der Waals surface area contributed by atoms with E-state index >= 15 is 0 Å². The van der Waals surface area contributed by atoms with Gasteiger partial charge in [0.05, 0.1) is 117 Å². The van der Waals surface area contributed by atoms with Crippen molar-refractivity contribution < 1.29 is 0 Å². The smallest absolute Gasteiger partial charge is 0.138 e. The van der Waals surface area contributed by atoms with Crippen molar-refractivity contribution in [1.82, 2.24) is 55.6 Å². The zero-order chi connectivity index (χ0) is 88.7. The molecule has 12 aromatic heterocycles. The summed E-state index contributed by atoms with van der Waals surface area (Å²) in [6, 6.07) is 155. The Morgan fingerprint density at radius 2 is 0.433 bits per heavy atom. The molecule has 12 nitrogen and oxygen atoms in total. The van der Waals surface area contributed by atoms with Gasteiger partial charge in [0.1, 0.15) is 11.6 Å². The predicted octanol–water partition coefficient (Wildman–Crippen LogP) is 30.7. The molecule has 0 spiro atoms. The van der Waals surface area contributed by atoms with Gasteiger partial charge in [-0.25, -0.2) is 9.97 Å². The number of rotatable bonds is 6. The van der Waals surface area contributed by atoms with E-state index in [9.17, 15) is 0 Å². The van der Waals surface area contributed by atoms with Gasteiger partial charge in [0.15, 0.2) is 0 Å². The lowest BCUT2D eigenvalue weighted by atomic mass is 10.1. The Morgan fingerprint density at radius 3 is 0.873 bits per heavy atom. The molecule has 12 heteroatoms. The fourth-order valence-corrected chi connectivity index (χ4v) is 22.6. The van der Waals surface area contributed by atoms with E-state index in [0.717, 1.165) is 28.2 Å². The van der Waals surface area contributed by atoms with E-state index in [1.54, 1.807) is 0 Å². The zero-order valence-corrected chi connectivity index (χ0v) is 73.9. The van der Waals surface area contributed by atoms with Crippen LogP contribution < -0.4 is 0 Å². The average molecular weight is 1720 g/mol. The van der Waals surface area contributed by atoms with Crippen molar-refractivity contribution in [2.75, 3.05) is 0 Å². The van der Waals surface area contributed by atoms with Crippen molar-refractivity contribution in [3.63, 3.8) is 0 Å². The minimum atomic E-state index is 0.955. The molecule has 0 aliphatic carbocycles. The number of para-hydroxylation sites is 16. The molecule has 0 amide bonds. The van der Waals surface area contributed by atoms with Crippen LogP contribution in [0.5, 0.6) is 0 Å². The van der Waals surface area contributed by atoms with Gasteiger partial charge in [0, 0.05) is 158 Å². The summed E-state index contributed by atoms with van der Waals surface area (Å²) in [6.07, 6.45) is 1.99. The number of pyridine rings is 2. The van der Waals surface area contributed by atoms with Gasteiger partial charge in [-0.05, 0) is 146 Å². The summed E-state index contributed by atoms with van der Waals surface area (Å²) in [7, 11) is 8.54. The SMILES string of the molecule is Cn1c2ccccc2c2c(-n3c4ccccc4c4cccc(-n5c6ccccc6c6ccccc65)c43)cccc21.Cn1c2ccccc2c2cc(-n3c4ccccc4c4cccc(-n5c6ccccc6c6ccccc65)c43)ccc21.Cn1c2ccccc2c2cc(-n3c4ccccc4c4ccccc43)ncc21.Cn1c2ccccc2c2nc(-n3c4ccccc4c4ccccc43)ccc21. The number of nitrogens with zero attached hydrogens (tertiary/aromatic N) is 12. The predicted molar refractivity (Wildman–Crippen MR) is 563 cm³/mol. The molecule has 0 saturated heterocycles. The van der Waals surface area contributed by atoms with E-state index in [1.165, 1.54) is 224 Å². The molecule has 0 aliphatic rings. The first kappa shape index (κ1) is 76.3. The topological polar surface area (TPSA) is 75.1 Å². The molecule has 0 atom stereocenters. The first-order valence-electron chi connectivity index (χ1n) is 45.9. The minimum absolute atomic E-state index is 0.955. The summed E-state index contributed by atoms with van der Waals surface area (Å²) in [5, 5.41) is 24.0. The van der Waals surface area contributed by atoms with Gasteiger partial charge in [0.25, 0.3) is 0 Å². The van der Waals surface area contributed by atoms with Crippen molar-refractivity contribution in [3.05, 3.63) is 437 Å². The Morgan fingerprint density at radius 1 is 0.164 bits per heavy atom. The van der Waals surface area contributed by atoms with Crippen molar-refractivity contribution in [3.8, 4) is 34.4 Å². The normalized spacial score (nSPS) is 12.0. The Balaban J connectivity index is 0.0000000925. The largest absolute Gasteiger partial charge is 0.344 e. The van der Waals surface area contributed by atoms with Gasteiger partial charge in [-0.1, -0.05) is 285 Å². The van der Waals surface area contributed by atoms with Gasteiger partial charge >= 0.3 is 0 Å². The third kappa shape index (κ3) is 11.2. The van der Waals surface area contributed by atoms with Crippen LogP contribution in [0.15, 0.2) is 437 Å². The Kier molecular flexibility index (Phi) is 17.0. The van der Waals surface area contributed by atoms with E-state index in [0.29, 0.717) is 0 Å². The van der Waals surface area contributed by atoms with Crippen LogP contribution in [0.25, 0.3) is 253 Å². The number of aryl methyl sites for hydroxylation is 4. The van der Waals surface area contributed by atoms with Gasteiger partial charge in [-0.2, -0.15) is 0 Å². The molecule has 0 N–H and O–H groups in total. The summed E-state index contributed by atoms with van der Waals surface area (Å²) in [5.74, 6) is 1.91. The van der Waals surface area contributed by atoms with Crippen LogP contribution in [0.2, 0.25) is 0 Å². The van der Waals surface area contributed by atoms with Gasteiger partial charge < -0.3 is 36.5 Å². The minimum Gasteiger partial charge on any atom is -0.344 e. The Hall–Kier alpha value is -17.7. The molecular formula is C122H84N12. The Labute approximate surface area is 768 Å². The monoisotopic (exact) mass is 1720 g/mol. The lowest BCUT2D eigenvalue weighted by molar-refractivity contribution is 1.00. The van der Waals surface area contributed by atoms with Crippen LogP contribution >= 0.6 is 0 Å². The van der Waals surface area contributed by atoms with Crippen LogP contribution in [-0.4, -0.2) is 55.6 Å². The highest BCUT2D eigenvalue weighted by Crippen LogP contribution is 2.47. The van der Waals surface area contributed by atoms with E-state index < -0.39 is 0 Å². The maximum atomic E-state index is 5.11. The van der Waals surface area contributed by atoms with Gasteiger partial charge in [-0.15, -0.1) is 0 Å². The third-order valence-corrected chi connectivity index (χ3v) is 28.4. The van der Waals surface area contributed by atoms with Crippen molar-refractivity contribution in [2.45, 2.75) is 0 Å². The molecule has 0 radical (unpaired) electrons. The van der Waals surface area contributed by atoms with Crippen LogP contribution in [0.4, 0.5) is 0 Å². The second-order valence-corrected chi connectivity index (χ2v) is 35.3. The molecule has 30 rings (SSSR count). The highest BCUT2D eigenvalue weighted by Gasteiger charge is 2.27. The van der Waals surface area contributed by atoms with Crippen molar-refractivity contribution in [2.24, 2.45) is 28.2 Å². The van der Waals surface area contributed by atoms with Crippen LogP contribution in [-0.2, 0) is 28.2 Å². The van der Waals surface area contributed by atoms with E-state index in [1.807, 2.05) is 6.20 Å². The maximum absolute atomic E-state index is 5.11. The first-order valence-corrected chi connectivity index (χ1v) is 45.9. The average Bonchev–Trinajstić information content (AvgIpc) is 1.54. The molecule has 0 bridgehead atoms. The highest BCUT2D eigenvalue weighted by atomic mass is 15.1. The van der Waals surface area contributed by atoms with Gasteiger partial charge in [0.2, 0.25) is 0 Å². The highest BCUT2D eigenvalue weighted by molar-refractivity contribution is 6.21. The molecule has 0 saturated carbocycles. The molecule has 18 aromatic carbocycles. The second kappa shape index (κ2) is 29.9. The fourth-order valence-electron chi connectivity index (χ4n) is 22.6. The van der Waals surface area contributed by atoms with Crippen LogP contribution in [0.3, 0.4) is 0 Å². The summed E-state index contributed by atoms with van der Waals surface area (Å²) < 4.78 is 23.4. The molecule has 0 aliphatic heterocycles. The number of hydrogen-bond acceptors (Lipinski definition) is 2. The molecule has 30 aromatic rings. The van der Waals surface area contributed by atoms with E-state index in [-0.39, 0.29) is 0 Å². The quantitative estimate of drug-likeness (QED) is 0.166. The summed E-state index contributed by atoms with van der Waals surface area (Å²) in [4.78, 5) is 9.96. The maximum Gasteiger partial charge on any atom is 0.138 e. The van der Waals surface area contributed by atoms with E-state index in [4.69, 9.17) is 9.97 Å². The number of fused-ring (bicyclic) bond motifs is 30. The lowest BCUT2D eigenvalue weighted by Gasteiger charge is -2.15. The van der Waals surface area contributed by atoms with Crippen molar-refractivity contribution >= 4 is 218 Å². The van der Waals surface area contributed by atoms with Gasteiger partial charge in [-0.3, -0.25) is 9.13 Å². The van der Waals surface area contributed by atoms with Crippen molar-refractivity contribution in [1.29, 1.82) is 0 Å². The summed E-state index contributed by atoms with van der Waals surface area (Å²) in [5.41, 5.74) is 30.0. The second-order valence-electron chi connectivity index (χ2n) is 35.3. The fraction of sp³-hybridized carbons (Fsp3) is 0.0328. The zero-order valence-electron chi connectivity index (χ0n) is 73.9. The standard InChI is InChI=1S/2C37H25N3.2C24H17N3/c1-38-29-17-6-5-15-28(29)36-33(38)21-11-22-34(36)40-32-20-9-4-14-26(32)27-16-10-23-35(37(27)40)39-30-18-7-2-12-24(30)25-13-3-8-19-31(25)39;1-38-31-16-6-2-14-28(31)30-23-24(21-22-32(30)38)39-33-17-7-5-13-27(33)29-15-10-20-36(37(29)39)40-34-18-8-3-11-25(34)26-12-4-9-19-35(26)40;1-26-19-11-5-4-10-18(19)24-22(26)14-15-23(25-24)27-20-12-6-2-8-16(20)17-9-3-7-13-21(17)27;1-26-20-11-5-2-10-18(20)19-14-24(25-15-23(19)26)27-21-12-6-3-8-16(21)17-9-4-7-13-22(17)27/h2*2-23H,1H3;2*2-15H,1H3. The Bertz CT molecular complexity index is 9690. The number of aromatic nitrogens is 12.